The van der Waals surface area contributed by atoms with E-state index in [1.807, 2.05) is 4.90 Å². The van der Waals surface area contributed by atoms with Gasteiger partial charge in [0.25, 0.3) is 10.0 Å². The predicted octanol–water partition coefficient (Wildman–Crippen LogP) is 2.94. The van der Waals surface area contributed by atoms with Crippen LogP contribution in [-0.2, 0) is 14.8 Å². The van der Waals surface area contributed by atoms with Crippen molar-refractivity contribution in [2.45, 2.75) is 11.3 Å². The first-order valence-corrected chi connectivity index (χ1v) is 11.4. The molecule has 4 rings (SSSR count). The molecular weight excluding hydrogens is 429 g/mol. The molecule has 2 heterocycles. The zero-order valence-electron chi connectivity index (χ0n) is 15.7. The lowest BCUT2D eigenvalue weighted by Gasteiger charge is -2.19. The molecule has 0 bridgehead atoms. The van der Waals surface area contributed by atoms with Gasteiger partial charge in [-0.2, -0.15) is 4.37 Å². The van der Waals surface area contributed by atoms with Crippen LogP contribution in [0.15, 0.2) is 59.8 Å². The lowest BCUT2D eigenvalue weighted by Crippen LogP contribution is -2.27. The Kier molecular flexibility index (Phi) is 5.64. The van der Waals surface area contributed by atoms with Crippen LogP contribution in [0.25, 0.3) is 0 Å². The number of benzene rings is 2. The quantitative estimate of drug-likeness (QED) is 0.602. The van der Waals surface area contributed by atoms with Crippen LogP contribution in [0, 0.1) is 11.7 Å². The summed E-state index contributed by atoms with van der Waals surface area (Å²) in [6.07, 6.45) is 1.95. The summed E-state index contributed by atoms with van der Waals surface area (Å²) in [6, 6.07) is 12.1. The highest BCUT2D eigenvalue weighted by Crippen LogP contribution is 2.26. The minimum Gasteiger partial charge on any atom is -0.371 e. The van der Waals surface area contributed by atoms with Crippen LogP contribution in [0.1, 0.15) is 6.42 Å². The van der Waals surface area contributed by atoms with E-state index in [9.17, 15) is 17.6 Å². The Hall–Kier alpha value is -3.05. The molecule has 1 amide bonds. The molecule has 1 aliphatic heterocycles. The summed E-state index contributed by atoms with van der Waals surface area (Å²) >= 11 is 0.956. The minimum absolute atomic E-state index is 0.117. The molecule has 2 aromatic carbocycles. The van der Waals surface area contributed by atoms with E-state index in [4.69, 9.17) is 0 Å². The number of hydrogen-bond acceptors (Lipinski definition) is 7. The predicted molar refractivity (Wildman–Crippen MR) is 113 cm³/mol. The summed E-state index contributed by atoms with van der Waals surface area (Å²) in [5.41, 5.74) is 1.39. The van der Waals surface area contributed by atoms with Gasteiger partial charge in [-0.25, -0.2) is 17.8 Å². The molecule has 2 N–H and O–H groups in total. The number of anilines is 3. The Morgan fingerprint density at radius 2 is 1.87 bits per heavy atom. The number of aromatic nitrogens is 2. The molecule has 0 aliphatic carbocycles. The third-order valence-electron chi connectivity index (χ3n) is 4.77. The van der Waals surface area contributed by atoms with Gasteiger partial charge < -0.3 is 10.2 Å². The summed E-state index contributed by atoms with van der Waals surface area (Å²) in [6.45, 7) is 1.19. The number of amides is 1. The van der Waals surface area contributed by atoms with Crippen LogP contribution in [0.2, 0.25) is 0 Å². The van der Waals surface area contributed by atoms with Crippen LogP contribution >= 0.6 is 11.5 Å². The first kappa shape index (κ1) is 20.2. The molecule has 156 valence electrons. The second kappa shape index (κ2) is 8.36. The van der Waals surface area contributed by atoms with Crippen LogP contribution in [0.4, 0.5) is 20.9 Å². The highest BCUT2D eigenvalue weighted by Gasteiger charge is 2.29. The van der Waals surface area contributed by atoms with Crippen molar-refractivity contribution in [1.29, 1.82) is 0 Å². The van der Waals surface area contributed by atoms with Gasteiger partial charge in [0.2, 0.25) is 11.0 Å². The van der Waals surface area contributed by atoms with Crippen molar-refractivity contribution >= 4 is 44.0 Å². The normalized spacial score (nSPS) is 16.4. The highest BCUT2D eigenvalue weighted by molar-refractivity contribution is 7.93. The minimum atomic E-state index is -3.74. The van der Waals surface area contributed by atoms with Crippen molar-refractivity contribution in [3.05, 3.63) is 60.7 Å². The zero-order chi connectivity index (χ0) is 21.1. The summed E-state index contributed by atoms with van der Waals surface area (Å²) in [5.74, 6) is -0.689. The maximum absolute atomic E-state index is 13.0. The SMILES string of the molecule is O=C(Nc1ccc(F)cc1)C1CCN(c2ccc(S(=O)(=O)Nc3ncns3)cc2)C1. The third kappa shape index (κ3) is 4.57. The Balaban J connectivity index is 1.38. The van der Waals surface area contributed by atoms with Gasteiger partial charge in [0, 0.05) is 36.0 Å². The Labute approximate surface area is 177 Å². The molecule has 1 unspecified atom stereocenters. The lowest BCUT2D eigenvalue weighted by molar-refractivity contribution is -0.119. The molecule has 3 aromatic rings. The van der Waals surface area contributed by atoms with E-state index in [2.05, 4.69) is 19.4 Å². The zero-order valence-corrected chi connectivity index (χ0v) is 17.3. The van der Waals surface area contributed by atoms with Gasteiger partial charge >= 0.3 is 0 Å². The standard InChI is InChI=1S/C19H18FN5O3S2/c20-14-1-3-15(4-2-14)23-18(26)13-9-10-25(11-13)16-5-7-17(8-6-16)30(27,28)24-19-21-12-22-29-19/h1-8,12-13H,9-11H2,(H,23,26)(H,21,22,24). The molecule has 30 heavy (non-hydrogen) atoms. The summed E-state index contributed by atoms with van der Waals surface area (Å²) < 4.78 is 44.0. The molecule has 0 spiro atoms. The molecular formula is C19H18FN5O3S2. The van der Waals surface area contributed by atoms with E-state index in [1.54, 1.807) is 12.1 Å². The number of hydrogen-bond donors (Lipinski definition) is 2. The van der Waals surface area contributed by atoms with Crippen molar-refractivity contribution in [1.82, 2.24) is 9.36 Å². The second-order valence-electron chi connectivity index (χ2n) is 6.77. The number of sulfonamides is 1. The first-order valence-electron chi connectivity index (χ1n) is 9.12. The fourth-order valence-electron chi connectivity index (χ4n) is 3.21. The smallest absolute Gasteiger partial charge is 0.263 e. The number of carbonyl (C=O) groups excluding carboxylic acids is 1. The van der Waals surface area contributed by atoms with E-state index in [1.165, 1.54) is 42.7 Å². The lowest BCUT2D eigenvalue weighted by atomic mass is 10.1. The molecule has 1 atom stereocenters. The van der Waals surface area contributed by atoms with Crippen LogP contribution in [0.5, 0.6) is 0 Å². The number of carbonyl (C=O) groups is 1. The maximum Gasteiger partial charge on any atom is 0.263 e. The van der Waals surface area contributed by atoms with Gasteiger partial charge in [-0.15, -0.1) is 0 Å². The van der Waals surface area contributed by atoms with Crippen molar-refractivity contribution < 1.29 is 17.6 Å². The van der Waals surface area contributed by atoms with Crippen molar-refractivity contribution in [2.75, 3.05) is 28.0 Å². The van der Waals surface area contributed by atoms with Gasteiger partial charge in [0.1, 0.15) is 12.1 Å². The van der Waals surface area contributed by atoms with E-state index >= 15 is 0 Å². The Morgan fingerprint density at radius 3 is 2.53 bits per heavy atom. The molecule has 1 fully saturated rings. The van der Waals surface area contributed by atoms with Crippen molar-refractivity contribution in [3.8, 4) is 0 Å². The number of halogens is 1. The van der Waals surface area contributed by atoms with Crippen molar-refractivity contribution in [2.24, 2.45) is 5.92 Å². The fourth-order valence-corrected chi connectivity index (χ4v) is 4.88. The van der Waals surface area contributed by atoms with E-state index in [0.29, 0.717) is 25.2 Å². The third-order valence-corrected chi connectivity index (χ3v) is 6.83. The largest absolute Gasteiger partial charge is 0.371 e. The molecule has 1 aliphatic rings. The van der Waals surface area contributed by atoms with E-state index < -0.39 is 10.0 Å². The van der Waals surface area contributed by atoms with Gasteiger partial charge in [-0.3, -0.25) is 9.52 Å². The summed E-state index contributed by atoms with van der Waals surface area (Å²) in [5, 5.41) is 3.01. The van der Waals surface area contributed by atoms with Crippen LogP contribution in [0.3, 0.4) is 0 Å². The molecule has 1 saturated heterocycles. The molecule has 11 heteroatoms. The van der Waals surface area contributed by atoms with E-state index in [0.717, 1.165) is 17.2 Å². The topological polar surface area (TPSA) is 104 Å². The van der Waals surface area contributed by atoms with Gasteiger partial charge in [-0.1, -0.05) is 0 Å². The number of nitrogens with one attached hydrogen (secondary N) is 2. The van der Waals surface area contributed by atoms with E-state index in [-0.39, 0.29) is 27.7 Å². The Morgan fingerprint density at radius 1 is 1.13 bits per heavy atom. The van der Waals surface area contributed by atoms with Gasteiger partial charge in [-0.05, 0) is 55.0 Å². The average molecular weight is 448 g/mol. The average Bonchev–Trinajstić information content (AvgIpc) is 3.42. The van der Waals surface area contributed by atoms with Crippen molar-refractivity contribution in [3.63, 3.8) is 0 Å². The first-order chi connectivity index (χ1) is 14.4. The van der Waals surface area contributed by atoms with Gasteiger partial charge in [0.05, 0.1) is 10.8 Å². The molecule has 8 nitrogen and oxygen atoms in total. The molecule has 0 saturated carbocycles. The number of rotatable bonds is 6. The number of nitrogens with zero attached hydrogens (tertiary/aromatic N) is 3. The summed E-state index contributed by atoms with van der Waals surface area (Å²) in [4.78, 5) is 18.5. The second-order valence-corrected chi connectivity index (χ2v) is 9.24. The highest BCUT2D eigenvalue weighted by atomic mass is 32.2. The maximum atomic E-state index is 13.0. The fraction of sp³-hybridized carbons (Fsp3) is 0.211. The summed E-state index contributed by atoms with van der Waals surface area (Å²) in [7, 11) is -3.74. The monoisotopic (exact) mass is 447 g/mol. The van der Waals surface area contributed by atoms with Crippen LogP contribution < -0.4 is 14.9 Å². The van der Waals surface area contributed by atoms with Gasteiger partial charge in [0.15, 0.2) is 0 Å². The molecule has 1 aromatic heterocycles. The van der Waals surface area contributed by atoms with Crippen LogP contribution in [-0.4, -0.2) is 36.8 Å². The Bertz CT molecular complexity index is 1120. The molecule has 0 radical (unpaired) electrons.